The molecule has 0 bridgehead atoms. The number of thiophene rings is 1. The summed E-state index contributed by atoms with van der Waals surface area (Å²) in [6.07, 6.45) is 1.44. The summed E-state index contributed by atoms with van der Waals surface area (Å²) in [6.45, 7) is 0.624. The van der Waals surface area contributed by atoms with Gasteiger partial charge in [-0.25, -0.2) is 0 Å². The van der Waals surface area contributed by atoms with E-state index < -0.39 is 0 Å². The molecule has 0 radical (unpaired) electrons. The molecule has 1 aromatic heterocycles. The average molecular weight is 259 g/mol. The van der Waals surface area contributed by atoms with Gasteiger partial charge in [-0.05, 0) is 30.5 Å². The highest BCUT2D eigenvalue weighted by molar-refractivity contribution is 7.15. The molecular weight excluding hydrogens is 242 g/mol. The summed E-state index contributed by atoms with van der Waals surface area (Å²) in [5.74, 6) is 0. The van der Waals surface area contributed by atoms with Crippen LogP contribution in [-0.2, 0) is 5.41 Å². The molecule has 0 atom stereocenters. The van der Waals surface area contributed by atoms with Crippen LogP contribution < -0.4 is 5.73 Å². The van der Waals surface area contributed by atoms with Crippen LogP contribution in [0.1, 0.15) is 17.7 Å². The zero-order valence-electron chi connectivity index (χ0n) is 10.2. The summed E-state index contributed by atoms with van der Waals surface area (Å²) in [6, 6.07) is 14.7. The maximum absolute atomic E-state index is 9.55. The minimum absolute atomic E-state index is 0.0249. The van der Waals surface area contributed by atoms with Gasteiger partial charge in [0, 0.05) is 21.7 Å². The average Bonchev–Trinajstić information content (AvgIpc) is 2.85. The van der Waals surface area contributed by atoms with Gasteiger partial charge in [-0.2, -0.15) is 0 Å². The molecule has 0 spiro atoms. The molecule has 1 aliphatic rings. The van der Waals surface area contributed by atoms with Crippen molar-refractivity contribution < 1.29 is 5.11 Å². The normalized spacial score (nSPS) is 26.9. The first kappa shape index (κ1) is 11.9. The molecule has 94 valence electrons. The fourth-order valence-corrected chi connectivity index (χ4v) is 3.92. The smallest absolute Gasteiger partial charge is 0.0558 e. The Hall–Kier alpha value is -1.16. The Morgan fingerprint density at radius 1 is 1.17 bits per heavy atom. The van der Waals surface area contributed by atoms with E-state index >= 15 is 0 Å². The second-order valence-electron chi connectivity index (χ2n) is 5.08. The lowest BCUT2D eigenvalue weighted by Gasteiger charge is -2.44. The van der Waals surface area contributed by atoms with Gasteiger partial charge >= 0.3 is 0 Å². The molecule has 1 heterocycles. The van der Waals surface area contributed by atoms with Crippen molar-refractivity contribution in [2.45, 2.75) is 24.4 Å². The lowest BCUT2D eigenvalue weighted by molar-refractivity contribution is 0.0239. The summed E-state index contributed by atoms with van der Waals surface area (Å²) in [5.41, 5.74) is 7.18. The number of hydrogen-bond donors (Lipinski definition) is 2. The number of benzene rings is 1. The predicted octanol–water partition coefficient (Wildman–Crippen LogP) is 2.77. The van der Waals surface area contributed by atoms with E-state index in [0.29, 0.717) is 6.54 Å². The Balaban J connectivity index is 1.90. The van der Waals surface area contributed by atoms with E-state index in [0.717, 1.165) is 12.8 Å². The second-order valence-corrected chi connectivity index (χ2v) is 6.16. The van der Waals surface area contributed by atoms with Crippen molar-refractivity contribution in [1.29, 1.82) is 0 Å². The first-order chi connectivity index (χ1) is 8.73. The molecule has 3 rings (SSSR count). The van der Waals surface area contributed by atoms with Crippen LogP contribution in [0.3, 0.4) is 0 Å². The molecule has 2 nitrogen and oxygen atoms in total. The number of aliphatic hydroxyl groups is 1. The van der Waals surface area contributed by atoms with Crippen LogP contribution in [0.25, 0.3) is 10.4 Å². The number of hydrogen-bond acceptors (Lipinski definition) is 3. The van der Waals surface area contributed by atoms with Crippen molar-refractivity contribution in [3.05, 3.63) is 47.3 Å². The van der Waals surface area contributed by atoms with E-state index in [9.17, 15) is 5.11 Å². The topological polar surface area (TPSA) is 46.2 Å². The minimum atomic E-state index is -0.171. The maximum atomic E-state index is 9.55. The van der Waals surface area contributed by atoms with Crippen molar-refractivity contribution in [2.75, 3.05) is 6.54 Å². The van der Waals surface area contributed by atoms with E-state index in [-0.39, 0.29) is 11.5 Å². The van der Waals surface area contributed by atoms with Crippen LogP contribution in [0.4, 0.5) is 0 Å². The van der Waals surface area contributed by atoms with Crippen LogP contribution in [0, 0.1) is 0 Å². The van der Waals surface area contributed by atoms with Gasteiger partial charge in [-0.1, -0.05) is 30.3 Å². The first-order valence-electron chi connectivity index (χ1n) is 6.27. The van der Waals surface area contributed by atoms with Gasteiger partial charge in [-0.15, -0.1) is 11.3 Å². The van der Waals surface area contributed by atoms with Crippen LogP contribution in [0.15, 0.2) is 42.5 Å². The Morgan fingerprint density at radius 3 is 2.50 bits per heavy atom. The van der Waals surface area contributed by atoms with Gasteiger partial charge in [0.15, 0.2) is 0 Å². The monoisotopic (exact) mass is 259 g/mol. The van der Waals surface area contributed by atoms with Crippen molar-refractivity contribution in [3.63, 3.8) is 0 Å². The molecule has 0 amide bonds. The SMILES string of the molecule is NCC1(c2ccc(-c3ccccc3)s2)CC(O)C1. The Morgan fingerprint density at radius 2 is 1.89 bits per heavy atom. The maximum Gasteiger partial charge on any atom is 0.0558 e. The molecule has 3 heteroatoms. The molecule has 1 fully saturated rings. The van der Waals surface area contributed by atoms with Gasteiger partial charge in [0.1, 0.15) is 0 Å². The van der Waals surface area contributed by atoms with Gasteiger partial charge in [0.05, 0.1) is 6.10 Å². The quantitative estimate of drug-likeness (QED) is 0.890. The van der Waals surface area contributed by atoms with Crippen LogP contribution >= 0.6 is 11.3 Å². The van der Waals surface area contributed by atoms with E-state index in [2.05, 4.69) is 36.4 Å². The number of nitrogens with two attached hydrogens (primary N) is 1. The Labute approximate surface area is 111 Å². The highest BCUT2D eigenvalue weighted by Crippen LogP contribution is 2.47. The third-order valence-corrected chi connectivity index (χ3v) is 5.21. The van der Waals surface area contributed by atoms with Crippen molar-refractivity contribution in [3.8, 4) is 10.4 Å². The molecule has 0 saturated heterocycles. The Bertz CT molecular complexity index is 528. The summed E-state index contributed by atoms with van der Waals surface area (Å²) >= 11 is 1.80. The molecule has 0 aliphatic heterocycles. The lowest BCUT2D eigenvalue weighted by atomic mass is 9.66. The third-order valence-electron chi connectivity index (χ3n) is 3.83. The van der Waals surface area contributed by atoms with Crippen LogP contribution in [-0.4, -0.2) is 17.8 Å². The highest BCUT2D eigenvalue weighted by Gasteiger charge is 2.44. The second kappa shape index (κ2) is 4.50. The molecule has 2 aromatic rings. The molecule has 3 N–H and O–H groups in total. The largest absolute Gasteiger partial charge is 0.393 e. The van der Waals surface area contributed by atoms with Crippen molar-refractivity contribution in [2.24, 2.45) is 5.73 Å². The predicted molar refractivity (Wildman–Crippen MR) is 75.7 cm³/mol. The third kappa shape index (κ3) is 1.88. The van der Waals surface area contributed by atoms with E-state index in [1.165, 1.54) is 15.3 Å². The summed E-state index contributed by atoms with van der Waals surface area (Å²) in [4.78, 5) is 2.59. The van der Waals surface area contributed by atoms with E-state index in [4.69, 9.17) is 5.73 Å². The Kier molecular flexibility index (Phi) is 2.98. The standard InChI is InChI=1S/C15H17NOS/c16-10-15(8-12(17)9-15)14-7-6-13(18-14)11-4-2-1-3-5-11/h1-7,12,17H,8-10,16H2. The molecule has 1 aliphatic carbocycles. The molecule has 0 unspecified atom stereocenters. The van der Waals surface area contributed by atoms with Gasteiger partial charge in [-0.3, -0.25) is 0 Å². The lowest BCUT2D eigenvalue weighted by Crippen LogP contribution is -2.49. The summed E-state index contributed by atoms with van der Waals surface area (Å²) in [5, 5.41) is 9.55. The van der Waals surface area contributed by atoms with Crippen molar-refractivity contribution >= 4 is 11.3 Å². The number of aliphatic hydroxyl groups excluding tert-OH is 1. The number of rotatable bonds is 3. The van der Waals surface area contributed by atoms with Crippen molar-refractivity contribution in [1.82, 2.24) is 0 Å². The fraction of sp³-hybridized carbons (Fsp3) is 0.333. The van der Waals surface area contributed by atoms with Crippen LogP contribution in [0.5, 0.6) is 0 Å². The molecule has 1 aromatic carbocycles. The molecular formula is C15H17NOS. The zero-order chi connectivity index (χ0) is 12.6. The first-order valence-corrected chi connectivity index (χ1v) is 7.09. The molecule has 18 heavy (non-hydrogen) atoms. The van der Waals surface area contributed by atoms with E-state index in [1.807, 2.05) is 6.07 Å². The molecule has 1 saturated carbocycles. The van der Waals surface area contributed by atoms with Gasteiger partial charge < -0.3 is 10.8 Å². The minimum Gasteiger partial charge on any atom is -0.393 e. The van der Waals surface area contributed by atoms with E-state index in [1.54, 1.807) is 11.3 Å². The van der Waals surface area contributed by atoms with Crippen LogP contribution in [0.2, 0.25) is 0 Å². The summed E-state index contributed by atoms with van der Waals surface area (Å²) < 4.78 is 0. The summed E-state index contributed by atoms with van der Waals surface area (Å²) in [7, 11) is 0. The van der Waals surface area contributed by atoms with Gasteiger partial charge in [0.25, 0.3) is 0 Å². The van der Waals surface area contributed by atoms with Gasteiger partial charge in [0.2, 0.25) is 0 Å². The highest BCUT2D eigenvalue weighted by atomic mass is 32.1. The fourth-order valence-electron chi connectivity index (χ4n) is 2.69. The zero-order valence-corrected chi connectivity index (χ0v) is 11.0.